The van der Waals surface area contributed by atoms with Gasteiger partial charge in [0.25, 0.3) is 5.56 Å². The van der Waals surface area contributed by atoms with E-state index in [4.69, 9.17) is 0 Å². The molecule has 2 aromatic heterocycles. The van der Waals surface area contributed by atoms with Gasteiger partial charge in [-0.1, -0.05) is 35.9 Å². The molecule has 0 saturated heterocycles. The summed E-state index contributed by atoms with van der Waals surface area (Å²) in [4.78, 5) is 12.9. The Bertz CT molecular complexity index is 1240. The molecular formula is C25H24N2O. The van der Waals surface area contributed by atoms with Crippen molar-refractivity contribution in [1.82, 2.24) is 9.13 Å². The minimum Gasteiger partial charge on any atom is -0.347 e. The van der Waals surface area contributed by atoms with Gasteiger partial charge < -0.3 is 4.57 Å². The molecule has 2 aromatic carbocycles. The fourth-order valence-corrected chi connectivity index (χ4v) is 4.52. The van der Waals surface area contributed by atoms with Crippen LogP contribution in [-0.2, 0) is 19.9 Å². The summed E-state index contributed by atoms with van der Waals surface area (Å²) in [5, 5.41) is 1.34. The molecule has 0 aliphatic heterocycles. The first-order chi connectivity index (χ1) is 13.6. The Morgan fingerprint density at radius 3 is 2.43 bits per heavy atom. The quantitative estimate of drug-likeness (QED) is 0.479. The summed E-state index contributed by atoms with van der Waals surface area (Å²) in [6.07, 6.45) is 6.75. The summed E-state index contributed by atoms with van der Waals surface area (Å²) in [5.74, 6) is 0. The van der Waals surface area contributed by atoms with Gasteiger partial charge in [0.15, 0.2) is 0 Å². The molecule has 0 radical (unpaired) electrons. The van der Waals surface area contributed by atoms with E-state index in [-0.39, 0.29) is 5.56 Å². The van der Waals surface area contributed by atoms with E-state index in [1.165, 1.54) is 40.6 Å². The standard InChI is InChI=1S/C25H24N2O/c1-17-7-9-18(10-8-17)19-13-14-27(25(28)15-19)20-11-12-22-21-5-3-4-6-23(21)26(2)24(22)16-20/h7-16H,3-6H2,1-2H3. The Balaban J connectivity index is 1.59. The smallest absolute Gasteiger partial charge is 0.255 e. The molecule has 0 N–H and O–H groups in total. The second-order valence-electron chi connectivity index (χ2n) is 7.88. The highest BCUT2D eigenvalue weighted by atomic mass is 16.1. The number of pyridine rings is 1. The molecule has 0 unspecified atom stereocenters. The van der Waals surface area contributed by atoms with Crippen LogP contribution in [0.3, 0.4) is 0 Å². The molecule has 0 bridgehead atoms. The number of nitrogens with zero attached hydrogens (tertiary/aromatic N) is 2. The van der Waals surface area contributed by atoms with Crippen molar-refractivity contribution in [3.63, 3.8) is 0 Å². The number of fused-ring (bicyclic) bond motifs is 3. The third kappa shape index (κ3) is 2.70. The lowest BCUT2D eigenvalue weighted by Gasteiger charge is -2.12. The lowest BCUT2D eigenvalue weighted by Crippen LogP contribution is -2.16. The minimum absolute atomic E-state index is 0.00334. The Morgan fingerprint density at radius 1 is 0.857 bits per heavy atom. The molecule has 28 heavy (non-hydrogen) atoms. The second kappa shape index (κ2) is 6.52. The number of aryl methyl sites for hydroxylation is 3. The third-order valence-electron chi connectivity index (χ3n) is 6.09. The fraction of sp³-hybridized carbons (Fsp3) is 0.240. The highest BCUT2D eigenvalue weighted by molar-refractivity contribution is 5.87. The van der Waals surface area contributed by atoms with E-state index >= 15 is 0 Å². The maximum absolute atomic E-state index is 12.9. The molecule has 2 heterocycles. The largest absolute Gasteiger partial charge is 0.347 e. The van der Waals surface area contributed by atoms with Crippen molar-refractivity contribution < 1.29 is 0 Å². The van der Waals surface area contributed by atoms with Gasteiger partial charge in [-0.2, -0.15) is 0 Å². The van der Waals surface area contributed by atoms with Crippen LogP contribution in [0.15, 0.2) is 65.6 Å². The van der Waals surface area contributed by atoms with E-state index in [2.05, 4.69) is 61.0 Å². The fourth-order valence-electron chi connectivity index (χ4n) is 4.52. The summed E-state index contributed by atoms with van der Waals surface area (Å²) in [6, 6.07) is 18.4. The average molecular weight is 368 g/mol. The number of benzene rings is 2. The van der Waals surface area contributed by atoms with E-state index in [1.807, 2.05) is 12.3 Å². The molecule has 4 aromatic rings. The van der Waals surface area contributed by atoms with Gasteiger partial charge in [0.1, 0.15) is 0 Å². The van der Waals surface area contributed by atoms with Crippen molar-refractivity contribution in [2.75, 3.05) is 0 Å². The van der Waals surface area contributed by atoms with Crippen molar-refractivity contribution in [3.05, 3.63) is 88.0 Å². The molecular weight excluding hydrogens is 344 g/mol. The Morgan fingerprint density at radius 2 is 1.64 bits per heavy atom. The molecule has 0 fully saturated rings. The van der Waals surface area contributed by atoms with Gasteiger partial charge in [0, 0.05) is 30.4 Å². The van der Waals surface area contributed by atoms with Gasteiger partial charge in [-0.3, -0.25) is 9.36 Å². The molecule has 0 amide bonds. The van der Waals surface area contributed by atoms with E-state index in [1.54, 1.807) is 10.6 Å². The number of hydrogen-bond donors (Lipinski definition) is 0. The molecule has 3 heteroatoms. The summed E-state index contributed by atoms with van der Waals surface area (Å²) in [7, 11) is 2.15. The van der Waals surface area contributed by atoms with Crippen LogP contribution in [0, 0.1) is 6.92 Å². The van der Waals surface area contributed by atoms with Crippen LogP contribution >= 0.6 is 0 Å². The van der Waals surface area contributed by atoms with Gasteiger partial charge in [-0.05, 0) is 67.5 Å². The van der Waals surface area contributed by atoms with E-state index in [0.29, 0.717) is 0 Å². The normalized spacial score (nSPS) is 13.6. The van der Waals surface area contributed by atoms with Crippen LogP contribution in [-0.4, -0.2) is 9.13 Å². The predicted molar refractivity (Wildman–Crippen MR) is 115 cm³/mol. The van der Waals surface area contributed by atoms with Crippen molar-refractivity contribution >= 4 is 10.9 Å². The van der Waals surface area contributed by atoms with Gasteiger partial charge in [-0.25, -0.2) is 0 Å². The van der Waals surface area contributed by atoms with Crippen molar-refractivity contribution in [2.45, 2.75) is 32.6 Å². The summed E-state index contributed by atoms with van der Waals surface area (Å²) in [6.45, 7) is 2.07. The Labute approximate surface area is 164 Å². The third-order valence-corrected chi connectivity index (χ3v) is 6.09. The maximum Gasteiger partial charge on any atom is 0.255 e. The van der Waals surface area contributed by atoms with Crippen LogP contribution in [0.5, 0.6) is 0 Å². The zero-order valence-corrected chi connectivity index (χ0v) is 16.4. The zero-order chi connectivity index (χ0) is 19.3. The first kappa shape index (κ1) is 17.1. The van der Waals surface area contributed by atoms with E-state index in [9.17, 15) is 4.79 Å². The van der Waals surface area contributed by atoms with Crippen molar-refractivity contribution in [2.24, 2.45) is 7.05 Å². The molecule has 3 nitrogen and oxygen atoms in total. The Kier molecular flexibility index (Phi) is 3.97. The first-order valence-corrected chi connectivity index (χ1v) is 10.0. The number of aromatic nitrogens is 2. The summed E-state index contributed by atoms with van der Waals surface area (Å²) < 4.78 is 4.06. The molecule has 0 saturated carbocycles. The van der Waals surface area contributed by atoms with Crippen molar-refractivity contribution in [3.8, 4) is 16.8 Å². The first-order valence-electron chi connectivity index (χ1n) is 10.0. The van der Waals surface area contributed by atoms with Gasteiger partial charge in [0.2, 0.25) is 0 Å². The number of hydrogen-bond acceptors (Lipinski definition) is 1. The Hall–Kier alpha value is -3.07. The van der Waals surface area contributed by atoms with Crippen LogP contribution in [0.2, 0.25) is 0 Å². The molecule has 0 atom stereocenters. The minimum atomic E-state index is -0.00334. The van der Waals surface area contributed by atoms with E-state index in [0.717, 1.165) is 29.7 Å². The van der Waals surface area contributed by atoms with Gasteiger partial charge >= 0.3 is 0 Å². The van der Waals surface area contributed by atoms with Gasteiger partial charge in [0.05, 0.1) is 11.2 Å². The van der Waals surface area contributed by atoms with E-state index < -0.39 is 0 Å². The second-order valence-corrected chi connectivity index (χ2v) is 7.88. The molecule has 140 valence electrons. The molecule has 5 rings (SSSR count). The SMILES string of the molecule is Cc1ccc(-c2ccn(-c3ccc4c5c(n(C)c4c3)CCCC5)c(=O)c2)cc1. The maximum atomic E-state index is 12.9. The predicted octanol–water partition coefficient (Wildman–Crippen LogP) is 5.18. The van der Waals surface area contributed by atoms with Crippen LogP contribution in [0.1, 0.15) is 29.7 Å². The number of rotatable bonds is 2. The van der Waals surface area contributed by atoms with Crippen LogP contribution in [0.4, 0.5) is 0 Å². The highest BCUT2D eigenvalue weighted by Crippen LogP contribution is 2.32. The molecule has 1 aliphatic rings. The highest BCUT2D eigenvalue weighted by Gasteiger charge is 2.18. The summed E-state index contributed by atoms with van der Waals surface area (Å²) >= 11 is 0. The topological polar surface area (TPSA) is 26.9 Å². The summed E-state index contributed by atoms with van der Waals surface area (Å²) in [5.41, 5.74) is 8.34. The molecule has 0 spiro atoms. The lowest BCUT2D eigenvalue weighted by molar-refractivity contribution is 0.653. The lowest BCUT2D eigenvalue weighted by atomic mass is 9.95. The zero-order valence-electron chi connectivity index (χ0n) is 16.4. The molecule has 1 aliphatic carbocycles. The van der Waals surface area contributed by atoms with Crippen LogP contribution < -0.4 is 5.56 Å². The van der Waals surface area contributed by atoms with Gasteiger partial charge in [-0.15, -0.1) is 0 Å². The average Bonchev–Trinajstić information content (AvgIpc) is 3.01. The van der Waals surface area contributed by atoms with Crippen LogP contribution in [0.25, 0.3) is 27.7 Å². The monoisotopic (exact) mass is 368 g/mol. The van der Waals surface area contributed by atoms with Crippen molar-refractivity contribution in [1.29, 1.82) is 0 Å².